The molecule has 0 atom stereocenters. The molecule has 0 saturated carbocycles. The fourth-order valence-electron chi connectivity index (χ4n) is 1.93. The summed E-state index contributed by atoms with van der Waals surface area (Å²) in [5, 5.41) is 15.1. The lowest BCUT2D eigenvalue weighted by molar-refractivity contribution is 0.0971. The van der Waals surface area contributed by atoms with E-state index in [-0.39, 0.29) is 23.6 Å². The largest absolute Gasteiger partial charge is 0.413 e. The van der Waals surface area contributed by atoms with Crippen LogP contribution in [0.5, 0.6) is 0 Å². The summed E-state index contributed by atoms with van der Waals surface area (Å²) in [6.45, 7) is 0. The van der Waals surface area contributed by atoms with Crippen LogP contribution in [0.4, 0.5) is 0 Å². The van der Waals surface area contributed by atoms with E-state index in [0.29, 0.717) is 11.1 Å². The van der Waals surface area contributed by atoms with Gasteiger partial charge in [0.2, 0.25) is 11.8 Å². The molecule has 116 valence electrons. The number of ketones is 1. The highest BCUT2D eigenvalue weighted by atomic mass is 16.4. The highest BCUT2D eigenvalue weighted by molar-refractivity contribution is 6.02. The maximum Gasteiger partial charge on any atom is 0.306 e. The van der Waals surface area contributed by atoms with E-state index in [2.05, 4.69) is 30.4 Å². The molecule has 0 bridgehead atoms. The zero-order valence-electron chi connectivity index (χ0n) is 12.0. The van der Waals surface area contributed by atoms with Gasteiger partial charge in [-0.05, 0) is 24.3 Å². The molecule has 4 aromatic heterocycles. The van der Waals surface area contributed by atoms with Crippen LogP contribution >= 0.6 is 0 Å². The molecule has 0 amide bonds. The summed E-state index contributed by atoms with van der Waals surface area (Å²) in [5.41, 5.74) is 1.20. The normalized spacial score (nSPS) is 10.7. The minimum atomic E-state index is -0.653. The number of hydrogen-bond donors (Lipinski definition) is 0. The minimum Gasteiger partial charge on any atom is -0.413 e. The second-order valence-corrected chi connectivity index (χ2v) is 4.64. The molecular formula is C15H8N6O3. The van der Waals surface area contributed by atoms with Crippen LogP contribution in [0.3, 0.4) is 0 Å². The number of carbonyl (C=O) groups excluding carboxylic acids is 1. The maximum atomic E-state index is 12.3. The summed E-state index contributed by atoms with van der Waals surface area (Å²) in [4.78, 5) is 20.2. The first-order chi connectivity index (χ1) is 11.8. The van der Waals surface area contributed by atoms with Crippen LogP contribution in [0.2, 0.25) is 0 Å². The van der Waals surface area contributed by atoms with E-state index in [1.165, 1.54) is 0 Å². The highest BCUT2D eigenvalue weighted by Crippen LogP contribution is 2.20. The molecule has 0 aliphatic heterocycles. The smallest absolute Gasteiger partial charge is 0.306 e. The van der Waals surface area contributed by atoms with Crippen molar-refractivity contribution in [2.45, 2.75) is 0 Å². The third kappa shape index (κ3) is 2.54. The van der Waals surface area contributed by atoms with E-state index in [1.54, 1.807) is 49.1 Å². The molecule has 9 nitrogen and oxygen atoms in total. The van der Waals surface area contributed by atoms with Crippen molar-refractivity contribution in [3.8, 4) is 22.9 Å². The zero-order chi connectivity index (χ0) is 16.4. The SMILES string of the molecule is O=C(c1nnc(-c2cccnc2)o1)c1nnc(-c2cccnc2)o1. The lowest BCUT2D eigenvalue weighted by Gasteiger charge is -1.92. The minimum absolute atomic E-state index is 0.179. The number of nitrogens with zero attached hydrogens (tertiary/aromatic N) is 6. The van der Waals surface area contributed by atoms with Crippen molar-refractivity contribution in [1.29, 1.82) is 0 Å². The van der Waals surface area contributed by atoms with Crippen LogP contribution in [-0.4, -0.2) is 36.1 Å². The molecule has 0 aliphatic carbocycles. The Morgan fingerprint density at radius 2 is 1.25 bits per heavy atom. The summed E-state index contributed by atoms with van der Waals surface area (Å²) in [6.07, 6.45) is 6.33. The first-order valence-corrected chi connectivity index (χ1v) is 6.84. The van der Waals surface area contributed by atoms with Crippen molar-refractivity contribution in [2.75, 3.05) is 0 Å². The van der Waals surface area contributed by atoms with Gasteiger partial charge in [-0.3, -0.25) is 14.8 Å². The Morgan fingerprint density at radius 3 is 1.67 bits per heavy atom. The number of carbonyl (C=O) groups is 1. The Balaban J connectivity index is 1.61. The van der Waals surface area contributed by atoms with E-state index >= 15 is 0 Å². The third-order valence-corrected chi connectivity index (χ3v) is 3.06. The second-order valence-electron chi connectivity index (χ2n) is 4.64. The van der Waals surface area contributed by atoms with Crippen LogP contribution < -0.4 is 0 Å². The molecule has 4 heterocycles. The Morgan fingerprint density at radius 1 is 0.750 bits per heavy atom. The molecule has 4 aromatic rings. The molecule has 0 aromatic carbocycles. The second kappa shape index (κ2) is 5.80. The molecule has 0 aliphatic rings. The van der Waals surface area contributed by atoms with Gasteiger partial charge in [0, 0.05) is 24.8 Å². The summed E-state index contributed by atoms with van der Waals surface area (Å²) < 4.78 is 10.7. The molecule has 24 heavy (non-hydrogen) atoms. The molecule has 0 radical (unpaired) electrons. The fraction of sp³-hybridized carbons (Fsp3) is 0. The Bertz CT molecular complexity index is 901. The molecule has 0 N–H and O–H groups in total. The van der Waals surface area contributed by atoms with Gasteiger partial charge in [-0.2, -0.15) is 0 Å². The highest BCUT2D eigenvalue weighted by Gasteiger charge is 2.24. The van der Waals surface area contributed by atoms with Gasteiger partial charge in [-0.1, -0.05) is 0 Å². The molecule has 9 heteroatoms. The summed E-state index contributed by atoms with van der Waals surface area (Å²) in [7, 11) is 0. The van der Waals surface area contributed by atoms with Crippen molar-refractivity contribution in [3.05, 3.63) is 60.8 Å². The fourth-order valence-corrected chi connectivity index (χ4v) is 1.93. The predicted octanol–water partition coefficient (Wildman–Crippen LogP) is 1.81. The number of pyridine rings is 2. The molecule has 0 unspecified atom stereocenters. The van der Waals surface area contributed by atoms with Gasteiger partial charge in [0.25, 0.3) is 11.8 Å². The topological polar surface area (TPSA) is 121 Å². The quantitative estimate of drug-likeness (QED) is 0.518. The van der Waals surface area contributed by atoms with Crippen LogP contribution in [0.1, 0.15) is 16.6 Å². The Hall–Kier alpha value is -3.75. The van der Waals surface area contributed by atoms with Crippen LogP contribution in [0.25, 0.3) is 22.9 Å². The average Bonchev–Trinajstić information content (AvgIpc) is 3.33. The van der Waals surface area contributed by atoms with Crippen molar-refractivity contribution in [3.63, 3.8) is 0 Å². The van der Waals surface area contributed by atoms with Gasteiger partial charge in [0.1, 0.15) is 0 Å². The Kier molecular flexibility index (Phi) is 3.35. The summed E-state index contributed by atoms with van der Waals surface area (Å²) in [6, 6.07) is 6.92. The monoisotopic (exact) mass is 320 g/mol. The van der Waals surface area contributed by atoms with Crippen LogP contribution in [0.15, 0.2) is 57.9 Å². The first-order valence-electron chi connectivity index (χ1n) is 6.84. The van der Waals surface area contributed by atoms with E-state index in [0.717, 1.165) is 0 Å². The van der Waals surface area contributed by atoms with Crippen LogP contribution in [0, 0.1) is 0 Å². The number of rotatable bonds is 4. The summed E-state index contributed by atoms with van der Waals surface area (Å²) >= 11 is 0. The van der Waals surface area contributed by atoms with Gasteiger partial charge in [0.15, 0.2) is 0 Å². The van der Waals surface area contributed by atoms with Gasteiger partial charge in [-0.15, -0.1) is 20.4 Å². The lowest BCUT2D eigenvalue weighted by Crippen LogP contribution is -2.02. The predicted molar refractivity (Wildman–Crippen MR) is 78.5 cm³/mol. The Labute approximate surface area is 134 Å². The van der Waals surface area contributed by atoms with Gasteiger partial charge < -0.3 is 8.83 Å². The average molecular weight is 320 g/mol. The molecule has 0 saturated heterocycles. The molecule has 0 fully saturated rings. The lowest BCUT2D eigenvalue weighted by atomic mass is 10.3. The van der Waals surface area contributed by atoms with E-state index in [1.807, 2.05) is 0 Å². The van der Waals surface area contributed by atoms with Crippen molar-refractivity contribution in [2.24, 2.45) is 0 Å². The number of aromatic nitrogens is 6. The number of hydrogen-bond acceptors (Lipinski definition) is 9. The van der Waals surface area contributed by atoms with E-state index in [4.69, 9.17) is 8.83 Å². The first kappa shape index (κ1) is 13.9. The van der Waals surface area contributed by atoms with Crippen molar-refractivity contribution < 1.29 is 13.6 Å². The molecule has 4 rings (SSSR count). The molecule has 0 spiro atoms. The van der Waals surface area contributed by atoms with Gasteiger partial charge in [-0.25, -0.2) is 0 Å². The van der Waals surface area contributed by atoms with E-state index < -0.39 is 5.78 Å². The van der Waals surface area contributed by atoms with Gasteiger partial charge >= 0.3 is 5.78 Å². The standard InChI is InChI=1S/C15H8N6O3/c22-11(14-20-18-12(23-14)9-3-1-5-16-7-9)15-21-19-13(24-15)10-4-2-6-17-8-10/h1-8H. The molecular weight excluding hydrogens is 312 g/mol. The van der Waals surface area contributed by atoms with E-state index in [9.17, 15) is 4.79 Å². The van der Waals surface area contributed by atoms with Crippen LogP contribution in [-0.2, 0) is 0 Å². The van der Waals surface area contributed by atoms with Crippen molar-refractivity contribution >= 4 is 5.78 Å². The van der Waals surface area contributed by atoms with Crippen molar-refractivity contribution in [1.82, 2.24) is 30.4 Å². The van der Waals surface area contributed by atoms with Gasteiger partial charge in [0.05, 0.1) is 11.1 Å². The maximum absolute atomic E-state index is 12.3. The third-order valence-electron chi connectivity index (χ3n) is 3.06. The summed E-state index contributed by atoms with van der Waals surface area (Å²) in [5.74, 6) is -0.775. The zero-order valence-corrected chi connectivity index (χ0v) is 12.0.